The maximum atomic E-state index is 11.7. The Morgan fingerprint density at radius 1 is 1.17 bits per heavy atom. The molecule has 0 unspecified atom stereocenters. The fourth-order valence-electron chi connectivity index (χ4n) is 1.41. The van der Waals surface area contributed by atoms with Crippen molar-refractivity contribution in [2.45, 2.75) is 20.5 Å². The Morgan fingerprint density at radius 2 is 1.83 bits per heavy atom. The highest BCUT2D eigenvalue weighted by Gasteiger charge is 2.12. The number of hydrogen-bond donors (Lipinski definition) is 0. The van der Waals surface area contributed by atoms with Crippen LogP contribution in [-0.2, 0) is 11.3 Å². The van der Waals surface area contributed by atoms with E-state index in [-0.39, 0.29) is 12.4 Å². The van der Waals surface area contributed by atoms with Gasteiger partial charge in [0.15, 0.2) is 18.1 Å². The van der Waals surface area contributed by atoms with Crippen LogP contribution in [0.1, 0.15) is 27.4 Å². The fourth-order valence-corrected chi connectivity index (χ4v) is 1.41. The summed E-state index contributed by atoms with van der Waals surface area (Å²) in [5.74, 6) is -0.732. The Bertz CT molecular complexity index is 603. The largest absolute Gasteiger partial charge is 0.519 e. The second kappa shape index (κ2) is 4.91. The second-order valence-corrected chi connectivity index (χ2v) is 3.88. The number of ether oxygens (including phenoxy) is 1. The van der Waals surface area contributed by atoms with Crippen molar-refractivity contribution in [1.82, 2.24) is 0 Å². The predicted octanol–water partition coefficient (Wildman–Crippen LogP) is 2.21. The standard InChI is InChI=1S/C13H12O5/c1-8-3-5-10(6-4-8)12(14)16-7-11-9(2)17-13(15)18-11/h3-6H,7H2,1-2H3. The summed E-state index contributed by atoms with van der Waals surface area (Å²) in [7, 11) is 0. The molecule has 1 heterocycles. The van der Waals surface area contributed by atoms with Gasteiger partial charge < -0.3 is 13.6 Å². The van der Waals surface area contributed by atoms with Crippen LogP contribution in [0.15, 0.2) is 37.9 Å². The molecule has 2 aromatic rings. The van der Waals surface area contributed by atoms with Gasteiger partial charge in [0.2, 0.25) is 0 Å². The molecule has 0 fully saturated rings. The molecule has 0 saturated carbocycles. The highest BCUT2D eigenvalue weighted by atomic mass is 16.6. The maximum Gasteiger partial charge on any atom is 0.519 e. The quantitative estimate of drug-likeness (QED) is 0.779. The Morgan fingerprint density at radius 3 is 2.39 bits per heavy atom. The number of hydrogen-bond acceptors (Lipinski definition) is 5. The first-order valence-electron chi connectivity index (χ1n) is 5.39. The molecule has 94 valence electrons. The molecule has 1 aromatic carbocycles. The van der Waals surface area contributed by atoms with Gasteiger partial charge in [-0.05, 0) is 26.0 Å². The van der Waals surface area contributed by atoms with E-state index in [1.807, 2.05) is 19.1 Å². The molecule has 1 aromatic heterocycles. The summed E-state index contributed by atoms with van der Waals surface area (Å²) < 4.78 is 14.4. The van der Waals surface area contributed by atoms with Gasteiger partial charge >= 0.3 is 11.8 Å². The number of aryl methyl sites for hydroxylation is 2. The number of rotatable bonds is 3. The molecule has 0 atom stereocenters. The van der Waals surface area contributed by atoms with E-state index in [1.54, 1.807) is 19.1 Å². The molecule has 5 heteroatoms. The summed E-state index contributed by atoms with van der Waals surface area (Å²) >= 11 is 0. The molecule has 0 saturated heterocycles. The first-order chi connectivity index (χ1) is 8.56. The van der Waals surface area contributed by atoms with Crippen LogP contribution in [0.2, 0.25) is 0 Å². The highest BCUT2D eigenvalue weighted by molar-refractivity contribution is 5.89. The third kappa shape index (κ3) is 2.68. The number of benzene rings is 1. The molecule has 2 rings (SSSR count). The molecule has 5 nitrogen and oxygen atoms in total. The average Bonchev–Trinajstić information content (AvgIpc) is 2.66. The van der Waals surface area contributed by atoms with Crippen LogP contribution in [0.4, 0.5) is 0 Å². The predicted molar refractivity (Wildman–Crippen MR) is 62.3 cm³/mol. The van der Waals surface area contributed by atoms with E-state index in [1.165, 1.54) is 0 Å². The number of carbonyl (C=O) groups is 1. The third-order valence-electron chi connectivity index (χ3n) is 2.46. The van der Waals surface area contributed by atoms with Crippen molar-refractivity contribution in [3.05, 3.63) is 57.5 Å². The minimum absolute atomic E-state index is 0.121. The van der Waals surface area contributed by atoms with E-state index in [0.717, 1.165) is 5.56 Å². The lowest BCUT2D eigenvalue weighted by molar-refractivity contribution is 0.0443. The van der Waals surface area contributed by atoms with E-state index in [9.17, 15) is 9.59 Å². The van der Waals surface area contributed by atoms with Gasteiger partial charge in [-0.15, -0.1) is 0 Å². The van der Waals surface area contributed by atoms with Gasteiger partial charge in [0.05, 0.1) is 5.56 Å². The van der Waals surface area contributed by atoms with Gasteiger partial charge in [0.1, 0.15) is 0 Å². The molecule has 0 aliphatic carbocycles. The van der Waals surface area contributed by atoms with Crippen LogP contribution in [0.5, 0.6) is 0 Å². The fraction of sp³-hybridized carbons (Fsp3) is 0.231. The second-order valence-electron chi connectivity index (χ2n) is 3.88. The molecular weight excluding hydrogens is 236 g/mol. The van der Waals surface area contributed by atoms with Crippen LogP contribution < -0.4 is 5.82 Å². The van der Waals surface area contributed by atoms with Crippen LogP contribution in [0.3, 0.4) is 0 Å². The minimum atomic E-state index is -0.797. The maximum absolute atomic E-state index is 11.7. The van der Waals surface area contributed by atoms with Crippen molar-refractivity contribution in [3.63, 3.8) is 0 Å². The molecule has 0 N–H and O–H groups in total. The lowest BCUT2D eigenvalue weighted by Gasteiger charge is -2.02. The summed E-state index contributed by atoms with van der Waals surface area (Å²) in [6.07, 6.45) is 0. The topological polar surface area (TPSA) is 69.7 Å². The zero-order valence-electron chi connectivity index (χ0n) is 10.1. The van der Waals surface area contributed by atoms with Crippen LogP contribution >= 0.6 is 0 Å². The zero-order chi connectivity index (χ0) is 13.1. The Kier molecular flexibility index (Phi) is 3.32. The van der Waals surface area contributed by atoms with E-state index in [0.29, 0.717) is 11.3 Å². The van der Waals surface area contributed by atoms with E-state index < -0.39 is 11.8 Å². The third-order valence-corrected chi connectivity index (χ3v) is 2.46. The van der Waals surface area contributed by atoms with Gasteiger partial charge in [-0.2, -0.15) is 0 Å². The summed E-state index contributed by atoms with van der Waals surface area (Å²) in [4.78, 5) is 22.5. The van der Waals surface area contributed by atoms with Gasteiger partial charge in [0, 0.05) is 0 Å². The Hall–Kier alpha value is -2.30. The van der Waals surface area contributed by atoms with Gasteiger partial charge in [0.25, 0.3) is 0 Å². The first-order valence-corrected chi connectivity index (χ1v) is 5.39. The number of esters is 1. The van der Waals surface area contributed by atoms with Crippen LogP contribution in [0.25, 0.3) is 0 Å². The van der Waals surface area contributed by atoms with Crippen molar-refractivity contribution < 1.29 is 18.4 Å². The van der Waals surface area contributed by atoms with Gasteiger partial charge in [-0.25, -0.2) is 9.59 Å². The number of carbonyl (C=O) groups excluding carboxylic acids is 1. The summed E-state index contributed by atoms with van der Waals surface area (Å²) in [6.45, 7) is 3.38. The Balaban J connectivity index is 2.02. The van der Waals surface area contributed by atoms with Crippen molar-refractivity contribution >= 4 is 5.97 Å². The molecule has 18 heavy (non-hydrogen) atoms. The molecule has 0 bridgehead atoms. The summed E-state index contributed by atoms with van der Waals surface area (Å²) in [5, 5.41) is 0. The monoisotopic (exact) mass is 248 g/mol. The Labute approximate surface area is 103 Å². The van der Waals surface area contributed by atoms with E-state index >= 15 is 0 Å². The first kappa shape index (κ1) is 12.2. The summed E-state index contributed by atoms with van der Waals surface area (Å²) in [5.41, 5.74) is 1.51. The lowest BCUT2D eigenvalue weighted by Crippen LogP contribution is -2.05. The van der Waals surface area contributed by atoms with Crippen molar-refractivity contribution in [2.75, 3.05) is 0 Å². The highest BCUT2D eigenvalue weighted by Crippen LogP contribution is 2.10. The normalized spacial score (nSPS) is 10.3. The van der Waals surface area contributed by atoms with Gasteiger partial charge in [-0.3, -0.25) is 0 Å². The van der Waals surface area contributed by atoms with Crippen molar-refractivity contribution in [1.29, 1.82) is 0 Å². The summed E-state index contributed by atoms with van der Waals surface area (Å²) in [6, 6.07) is 6.99. The smallest absolute Gasteiger partial charge is 0.454 e. The van der Waals surface area contributed by atoms with Crippen molar-refractivity contribution in [2.24, 2.45) is 0 Å². The molecular formula is C13H12O5. The molecule has 0 aliphatic rings. The van der Waals surface area contributed by atoms with E-state index in [2.05, 4.69) is 4.42 Å². The van der Waals surface area contributed by atoms with Crippen molar-refractivity contribution in [3.8, 4) is 0 Å². The molecule has 0 radical (unpaired) electrons. The van der Waals surface area contributed by atoms with Gasteiger partial charge in [-0.1, -0.05) is 17.7 Å². The van der Waals surface area contributed by atoms with Crippen LogP contribution in [0, 0.1) is 13.8 Å². The molecule has 0 amide bonds. The van der Waals surface area contributed by atoms with Crippen LogP contribution in [-0.4, -0.2) is 5.97 Å². The SMILES string of the molecule is Cc1ccc(C(=O)OCc2oc(=O)oc2C)cc1. The average molecular weight is 248 g/mol. The molecule has 0 spiro atoms. The minimum Gasteiger partial charge on any atom is -0.454 e. The molecule has 0 aliphatic heterocycles. The zero-order valence-corrected chi connectivity index (χ0v) is 10.1. The van der Waals surface area contributed by atoms with E-state index in [4.69, 9.17) is 9.15 Å². The lowest BCUT2D eigenvalue weighted by atomic mass is 10.1.